The topological polar surface area (TPSA) is 99.8 Å². The van der Waals surface area contributed by atoms with E-state index in [-0.39, 0.29) is 24.5 Å². The molecule has 2 aliphatic rings. The molecule has 10 heteroatoms. The smallest absolute Gasteiger partial charge is 0.242 e. The normalized spacial score (nSPS) is 25.8. The van der Waals surface area contributed by atoms with E-state index in [1.165, 1.54) is 4.31 Å². The highest BCUT2D eigenvalue weighted by molar-refractivity contribution is 7.88. The predicted octanol–water partition coefficient (Wildman–Crippen LogP) is -0.668. The summed E-state index contributed by atoms with van der Waals surface area (Å²) < 4.78 is 29.9. The average Bonchev–Trinajstić information content (AvgIpc) is 3.03. The SMILES string of the molecule is CS(=O)(=O)N1CCCC(C(=O)NNC(=S)NCC2CCCO2)C1. The summed E-state index contributed by atoms with van der Waals surface area (Å²) in [6.07, 6.45) is 4.72. The van der Waals surface area contributed by atoms with Crippen molar-refractivity contribution in [2.75, 3.05) is 32.5 Å². The number of rotatable bonds is 4. The Balaban J connectivity index is 1.70. The van der Waals surface area contributed by atoms with Gasteiger partial charge in [0.05, 0.1) is 18.3 Å². The Morgan fingerprint density at radius 3 is 2.74 bits per heavy atom. The average molecular weight is 364 g/mol. The van der Waals surface area contributed by atoms with Crippen LogP contribution in [0.25, 0.3) is 0 Å². The first kappa shape index (κ1) is 18.4. The van der Waals surface area contributed by atoms with Crippen molar-refractivity contribution in [3.63, 3.8) is 0 Å². The molecule has 132 valence electrons. The summed E-state index contributed by atoms with van der Waals surface area (Å²) in [4.78, 5) is 12.1. The lowest BCUT2D eigenvalue weighted by molar-refractivity contribution is -0.126. The molecule has 23 heavy (non-hydrogen) atoms. The number of nitrogens with zero attached hydrogens (tertiary/aromatic N) is 1. The number of ether oxygens (including phenoxy) is 1. The quantitative estimate of drug-likeness (QED) is 0.449. The second kappa shape index (κ2) is 8.22. The van der Waals surface area contributed by atoms with Gasteiger partial charge in [0.2, 0.25) is 15.9 Å². The number of hydrogen-bond acceptors (Lipinski definition) is 5. The zero-order valence-electron chi connectivity index (χ0n) is 13.2. The van der Waals surface area contributed by atoms with E-state index >= 15 is 0 Å². The number of amides is 1. The molecule has 0 bridgehead atoms. The second-order valence-electron chi connectivity index (χ2n) is 5.92. The highest BCUT2D eigenvalue weighted by Gasteiger charge is 2.30. The Labute approximate surface area is 142 Å². The first-order chi connectivity index (χ1) is 10.9. The molecule has 2 rings (SSSR count). The number of carbonyl (C=O) groups is 1. The molecule has 0 radical (unpaired) electrons. The molecule has 8 nitrogen and oxygen atoms in total. The molecule has 0 aromatic rings. The lowest BCUT2D eigenvalue weighted by Gasteiger charge is -2.30. The summed E-state index contributed by atoms with van der Waals surface area (Å²) in [5.41, 5.74) is 5.20. The van der Waals surface area contributed by atoms with Crippen molar-refractivity contribution in [3.05, 3.63) is 0 Å². The zero-order valence-corrected chi connectivity index (χ0v) is 14.8. The lowest BCUT2D eigenvalue weighted by Crippen LogP contribution is -2.52. The van der Waals surface area contributed by atoms with Crippen molar-refractivity contribution < 1.29 is 17.9 Å². The molecule has 0 aromatic heterocycles. The second-order valence-corrected chi connectivity index (χ2v) is 8.31. The van der Waals surface area contributed by atoms with Gasteiger partial charge in [-0.3, -0.25) is 15.6 Å². The van der Waals surface area contributed by atoms with E-state index in [0.29, 0.717) is 31.0 Å². The van der Waals surface area contributed by atoms with Crippen LogP contribution in [0, 0.1) is 5.92 Å². The molecule has 2 unspecified atom stereocenters. The van der Waals surface area contributed by atoms with E-state index in [0.717, 1.165) is 25.7 Å². The maximum absolute atomic E-state index is 12.1. The Bertz CT molecular complexity index is 534. The number of hydrogen-bond donors (Lipinski definition) is 3. The van der Waals surface area contributed by atoms with Gasteiger partial charge in [0.25, 0.3) is 0 Å². The molecule has 2 fully saturated rings. The van der Waals surface area contributed by atoms with Crippen molar-refractivity contribution in [2.24, 2.45) is 5.92 Å². The van der Waals surface area contributed by atoms with E-state index in [9.17, 15) is 13.2 Å². The summed E-state index contributed by atoms with van der Waals surface area (Å²) in [6.45, 7) is 2.06. The molecule has 2 heterocycles. The minimum absolute atomic E-state index is 0.159. The van der Waals surface area contributed by atoms with Crippen LogP contribution in [0.15, 0.2) is 0 Å². The van der Waals surface area contributed by atoms with Gasteiger partial charge >= 0.3 is 0 Å². The number of thiocarbonyl (C=S) groups is 1. The van der Waals surface area contributed by atoms with E-state index in [4.69, 9.17) is 17.0 Å². The number of sulfonamides is 1. The molecule has 3 N–H and O–H groups in total. The molecule has 2 atom stereocenters. The number of carbonyl (C=O) groups excluding carboxylic acids is 1. The molecule has 2 aliphatic heterocycles. The van der Waals surface area contributed by atoms with Gasteiger partial charge in [-0.25, -0.2) is 12.7 Å². The molecule has 1 amide bonds. The molecular formula is C13H24N4O4S2. The van der Waals surface area contributed by atoms with Gasteiger partial charge in [-0.05, 0) is 37.9 Å². The number of nitrogens with one attached hydrogen (secondary N) is 3. The van der Waals surface area contributed by atoms with Gasteiger partial charge in [-0.1, -0.05) is 0 Å². The van der Waals surface area contributed by atoms with E-state index < -0.39 is 10.0 Å². The first-order valence-electron chi connectivity index (χ1n) is 7.76. The molecule has 0 saturated carbocycles. The standard InChI is InChI=1S/C13H24N4O4S2/c1-23(19,20)17-6-2-4-10(9-17)12(18)15-16-13(22)14-8-11-5-3-7-21-11/h10-11H,2-9H2,1H3,(H,15,18)(H2,14,16,22). The Morgan fingerprint density at radius 1 is 1.30 bits per heavy atom. The van der Waals surface area contributed by atoms with Crippen LogP contribution >= 0.6 is 12.2 Å². The van der Waals surface area contributed by atoms with Crippen LogP contribution in [0.1, 0.15) is 25.7 Å². The van der Waals surface area contributed by atoms with Crippen LogP contribution < -0.4 is 16.2 Å². The Morgan fingerprint density at radius 2 is 2.09 bits per heavy atom. The maximum Gasteiger partial charge on any atom is 0.242 e. The highest BCUT2D eigenvalue weighted by Crippen LogP contribution is 2.18. The third-order valence-electron chi connectivity index (χ3n) is 4.04. The summed E-state index contributed by atoms with van der Waals surface area (Å²) in [5.74, 6) is -0.619. The van der Waals surface area contributed by atoms with E-state index in [2.05, 4.69) is 16.2 Å². The summed E-state index contributed by atoms with van der Waals surface area (Å²) in [7, 11) is -3.26. The zero-order chi connectivity index (χ0) is 16.9. The van der Waals surface area contributed by atoms with E-state index in [1.807, 2.05) is 0 Å². The van der Waals surface area contributed by atoms with Crippen LogP contribution in [-0.4, -0.2) is 62.3 Å². The van der Waals surface area contributed by atoms with Crippen LogP contribution in [0.4, 0.5) is 0 Å². The third-order valence-corrected chi connectivity index (χ3v) is 5.55. The summed E-state index contributed by atoms with van der Waals surface area (Å²) in [6, 6.07) is 0. The summed E-state index contributed by atoms with van der Waals surface area (Å²) in [5, 5.41) is 3.31. The van der Waals surface area contributed by atoms with Crippen LogP contribution in [0.3, 0.4) is 0 Å². The molecular weight excluding hydrogens is 340 g/mol. The predicted molar refractivity (Wildman–Crippen MR) is 90.0 cm³/mol. The van der Waals surface area contributed by atoms with Gasteiger partial charge < -0.3 is 10.1 Å². The van der Waals surface area contributed by atoms with Crippen molar-refractivity contribution >= 4 is 33.3 Å². The third kappa shape index (κ3) is 5.87. The maximum atomic E-state index is 12.1. The fraction of sp³-hybridized carbons (Fsp3) is 0.846. The highest BCUT2D eigenvalue weighted by atomic mass is 32.2. The van der Waals surface area contributed by atoms with Crippen molar-refractivity contribution in [2.45, 2.75) is 31.8 Å². The Hall–Kier alpha value is -0.970. The fourth-order valence-corrected chi connectivity index (χ4v) is 3.78. The molecule has 0 aromatic carbocycles. The molecule has 2 saturated heterocycles. The number of piperidine rings is 1. The lowest BCUT2D eigenvalue weighted by atomic mass is 9.99. The van der Waals surface area contributed by atoms with Crippen LogP contribution in [0.5, 0.6) is 0 Å². The van der Waals surface area contributed by atoms with Gasteiger partial charge in [-0.2, -0.15) is 0 Å². The first-order valence-corrected chi connectivity index (χ1v) is 10.0. The van der Waals surface area contributed by atoms with Gasteiger partial charge in [0.1, 0.15) is 0 Å². The van der Waals surface area contributed by atoms with Gasteiger partial charge in [0, 0.05) is 26.2 Å². The minimum atomic E-state index is -3.26. The minimum Gasteiger partial charge on any atom is -0.376 e. The summed E-state index contributed by atoms with van der Waals surface area (Å²) >= 11 is 5.09. The monoisotopic (exact) mass is 364 g/mol. The van der Waals surface area contributed by atoms with Crippen molar-refractivity contribution in [3.8, 4) is 0 Å². The largest absolute Gasteiger partial charge is 0.376 e. The van der Waals surface area contributed by atoms with Gasteiger partial charge in [-0.15, -0.1) is 0 Å². The van der Waals surface area contributed by atoms with Crippen molar-refractivity contribution in [1.82, 2.24) is 20.5 Å². The van der Waals surface area contributed by atoms with E-state index in [1.54, 1.807) is 0 Å². The molecule has 0 aliphatic carbocycles. The molecule has 0 spiro atoms. The van der Waals surface area contributed by atoms with Crippen LogP contribution in [-0.2, 0) is 19.6 Å². The number of hydrazine groups is 1. The van der Waals surface area contributed by atoms with Crippen LogP contribution in [0.2, 0.25) is 0 Å². The van der Waals surface area contributed by atoms with Gasteiger partial charge in [0.15, 0.2) is 5.11 Å². The van der Waals surface area contributed by atoms with Crippen molar-refractivity contribution in [1.29, 1.82) is 0 Å². The fourth-order valence-electron chi connectivity index (χ4n) is 2.73. The Kier molecular flexibility index (Phi) is 6.57.